The molecular formula is C26H18O6. The molecule has 0 aliphatic carbocycles. The van der Waals surface area contributed by atoms with Crippen molar-refractivity contribution in [2.75, 3.05) is 14.2 Å². The standard InChI is InChI=1S/C26H18O6/c1-31-23-15-21(13-7-17-3-9-19(10-4-17)25(27)28)22(16-24(23)32-2)14-8-18-5-11-20(12-6-18)26(29)30/h3-6,9-12,15-16H,1-2H3,(H,27,28)(H,29,30). The molecule has 0 amide bonds. The summed E-state index contributed by atoms with van der Waals surface area (Å²) in [5.41, 5.74) is 2.85. The molecule has 0 saturated carbocycles. The summed E-state index contributed by atoms with van der Waals surface area (Å²) in [6.45, 7) is 0. The lowest BCUT2D eigenvalue weighted by Gasteiger charge is -2.09. The Bertz CT molecular complexity index is 1180. The van der Waals surface area contributed by atoms with Crippen molar-refractivity contribution < 1.29 is 29.3 Å². The summed E-state index contributed by atoms with van der Waals surface area (Å²) in [7, 11) is 3.05. The summed E-state index contributed by atoms with van der Waals surface area (Å²) < 4.78 is 10.7. The predicted molar refractivity (Wildman–Crippen MR) is 118 cm³/mol. The molecule has 0 heterocycles. The molecule has 0 aliphatic rings. The van der Waals surface area contributed by atoms with E-state index < -0.39 is 11.9 Å². The first-order valence-electron chi connectivity index (χ1n) is 9.38. The van der Waals surface area contributed by atoms with Gasteiger partial charge in [0.05, 0.1) is 25.3 Å². The Morgan fingerprint density at radius 1 is 0.625 bits per heavy atom. The van der Waals surface area contributed by atoms with Gasteiger partial charge in [0.25, 0.3) is 0 Å². The van der Waals surface area contributed by atoms with Crippen LogP contribution < -0.4 is 9.47 Å². The Kier molecular flexibility index (Phi) is 6.80. The van der Waals surface area contributed by atoms with Gasteiger partial charge in [-0.05, 0) is 48.5 Å². The maximum atomic E-state index is 11.0. The fourth-order valence-corrected chi connectivity index (χ4v) is 2.76. The zero-order valence-electron chi connectivity index (χ0n) is 17.3. The van der Waals surface area contributed by atoms with E-state index in [0.717, 1.165) is 0 Å². The van der Waals surface area contributed by atoms with Crippen LogP contribution in [0.5, 0.6) is 11.5 Å². The number of carboxylic acids is 2. The summed E-state index contributed by atoms with van der Waals surface area (Å²) in [6.07, 6.45) is 0. The van der Waals surface area contributed by atoms with Crippen LogP contribution >= 0.6 is 0 Å². The molecule has 0 bridgehead atoms. The van der Waals surface area contributed by atoms with Crippen LogP contribution in [0.2, 0.25) is 0 Å². The van der Waals surface area contributed by atoms with Gasteiger partial charge in [0, 0.05) is 34.4 Å². The number of carboxylic acid groups (broad SMARTS) is 2. The third-order valence-electron chi connectivity index (χ3n) is 4.47. The number of hydrogen-bond acceptors (Lipinski definition) is 4. The molecule has 32 heavy (non-hydrogen) atoms. The van der Waals surface area contributed by atoms with E-state index in [1.165, 1.54) is 38.5 Å². The van der Waals surface area contributed by atoms with Crippen molar-refractivity contribution in [3.8, 4) is 35.2 Å². The highest BCUT2D eigenvalue weighted by molar-refractivity contribution is 5.88. The molecular weight excluding hydrogens is 408 g/mol. The second kappa shape index (κ2) is 9.88. The quantitative estimate of drug-likeness (QED) is 0.615. The van der Waals surface area contributed by atoms with Crippen LogP contribution in [0.25, 0.3) is 0 Å². The molecule has 3 rings (SSSR count). The average molecular weight is 426 g/mol. The second-order valence-electron chi connectivity index (χ2n) is 6.52. The minimum atomic E-state index is -1.00. The molecule has 0 unspecified atom stereocenters. The van der Waals surface area contributed by atoms with E-state index in [2.05, 4.69) is 23.7 Å². The molecule has 0 saturated heterocycles. The number of hydrogen-bond donors (Lipinski definition) is 2. The molecule has 0 spiro atoms. The Morgan fingerprint density at radius 3 is 1.25 bits per heavy atom. The molecule has 0 radical (unpaired) electrons. The first-order valence-corrected chi connectivity index (χ1v) is 9.38. The molecule has 0 fully saturated rings. The topological polar surface area (TPSA) is 93.1 Å². The van der Waals surface area contributed by atoms with E-state index in [1.54, 1.807) is 36.4 Å². The highest BCUT2D eigenvalue weighted by atomic mass is 16.5. The minimum absolute atomic E-state index is 0.183. The SMILES string of the molecule is COc1cc(C#Cc2ccc(C(=O)O)cc2)c(C#Cc2ccc(C(=O)O)cc2)cc1OC. The van der Waals surface area contributed by atoms with Crippen molar-refractivity contribution in [1.82, 2.24) is 0 Å². The summed E-state index contributed by atoms with van der Waals surface area (Å²) in [5.74, 6) is 11.1. The van der Waals surface area contributed by atoms with Gasteiger partial charge in [0.2, 0.25) is 0 Å². The van der Waals surface area contributed by atoms with Crippen LogP contribution in [-0.2, 0) is 0 Å². The molecule has 6 nitrogen and oxygen atoms in total. The largest absolute Gasteiger partial charge is 0.493 e. The lowest BCUT2D eigenvalue weighted by atomic mass is 10.0. The van der Waals surface area contributed by atoms with Crippen molar-refractivity contribution in [3.05, 3.63) is 94.0 Å². The average Bonchev–Trinajstić information content (AvgIpc) is 2.81. The summed E-state index contributed by atoms with van der Waals surface area (Å²) in [4.78, 5) is 22.0. The van der Waals surface area contributed by atoms with Gasteiger partial charge in [0.15, 0.2) is 11.5 Å². The van der Waals surface area contributed by atoms with Gasteiger partial charge >= 0.3 is 11.9 Å². The molecule has 6 heteroatoms. The Labute approximate surface area is 185 Å². The van der Waals surface area contributed by atoms with Gasteiger partial charge in [-0.2, -0.15) is 0 Å². The third-order valence-corrected chi connectivity index (χ3v) is 4.47. The van der Waals surface area contributed by atoms with Gasteiger partial charge in [-0.3, -0.25) is 0 Å². The summed E-state index contributed by atoms with van der Waals surface area (Å²) in [6, 6.07) is 15.9. The molecule has 2 N–H and O–H groups in total. The lowest BCUT2D eigenvalue weighted by molar-refractivity contribution is 0.0686. The molecule has 0 aromatic heterocycles. The summed E-state index contributed by atoms with van der Waals surface area (Å²) in [5, 5.41) is 18.0. The van der Waals surface area contributed by atoms with Crippen LogP contribution in [0.15, 0.2) is 60.7 Å². The van der Waals surface area contributed by atoms with E-state index in [4.69, 9.17) is 19.7 Å². The molecule has 158 valence electrons. The smallest absolute Gasteiger partial charge is 0.335 e. The first kappa shape index (κ1) is 22.0. The molecule has 0 aliphatic heterocycles. The van der Waals surface area contributed by atoms with Crippen molar-refractivity contribution >= 4 is 11.9 Å². The fourth-order valence-electron chi connectivity index (χ4n) is 2.76. The van der Waals surface area contributed by atoms with Crippen molar-refractivity contribution in [2.24, 2.45) is 0 Å². The number of methoxy groups -OCH3 is 2. The molecule has 0 atom stereocenters. The Balaban J connectivity index is 2.01. The third kappa shape index (κ3) is 5.27. The zero-order valence-corrected chi connectivity index (χ0v) is 17.3. The maximum Gasteiger partial charge on any atom is 0.335 e. The Morgan fingerprint density at radius 2 is 0.969 bits per heavy atom. The van der Waals surface area contributed by atoms with Crippen LogP contribution in [0.3, 0.4) is 0 Å². The number of aromatic carboxylic acids is 2. The van der Waals surface area contributed by atoms with Gasteiger partial charge in [0.1, 0.15) is 0 Å². The van der Waals surface area contributed by atoms with Gasteiger partial charge in [-0.15, -0.1) is 0 Å². The Hall–Kier alpha value is -4.68. The van der Waals surface area contributed by atoms with Crippen LogP contribution in [0.1, 0.15) is 43.0 Å². The van der Waals surface area contributed by atoms with E-state index in [1.807, 2.05) is 0 Å². The first-order chi connectivity index (χ1) is 15.4. The number of carbonyl (C=O) groups is 2. The zero-order chi connectivity index (χ0) is 23.1. The van der Waals surface area contributed by atoms with Crippen LogP contribution in [-0.4, -0.2) is 36.4 Å². The number of rotatable bonds is 4. The van der Waals surface area contributed by atoms with Gasteiger partial charge < -0.3 is 19.7 Å². The van der Waals surface area contributed by atoms with Gasteiger partial charge in [-0.25, -0.2) is 9.59 Å². The number of ether oxygens (including phenoxy) is 2. The normalized spacial score (nSPS) is 9.56. The second-order valence-corrected chi connectivity index (χ2v) is 6.52. The highest BCUT2D eigenvalue weighted by Crippen LogP contribution is 2.30. The predicted octanol–water partition coefficient (Wildman–Crippen LogP) is 3.90. The molecule has 3 aromatic rings. The molecule has 3 aromatic carbocycles. The minimum Gasteiger partial charge on any atom is -0.493 e. The monoisotopic (exact) mass is 426 g/mol. The maximum absolute atomic E-state index is 11.0. The van der Waals surface area contributed by atoms with E-state index in [0.29, 0.717) is 33.8 Å². The van der Waals surface area contributed by atoms with Crippen LogP contribution in [0.4, 0.5) is 0 Å². The van der Waals surface area contributed by atoms with Crippen molar-refractivity contribution in [3.63, 3.8) is 0 Å². The fraction of sp³-hybridized carbons (Fsp3) is 0.0769. The van der Waals surface area contributed by atoms with E-state index in [-0.39, 0.29) is 11.1 Å². The van der Waals surface area contributed by atoms with Crippen molar-refractivity contribution in [1.29, 1.82) is 0 Å². The van der Waals surface area contributed by atoms with E-state index in [9.17, 15) is 9.59 Å². The van der Waals surface area contributed by atoms with E-state index >= 15 is 0 Å². The summed E-state index contributed by atoms with van der Waals surface area (Å²) >= 11 is 0. The van der Waals surface area contributed by atoms with Crippen molar-refractivity contribution in [2.45, 2.75) is 0 Å². The highest BCUT2D eigenvalue weighted by Gasteiger charge is 2.09. The lowest BCUT2D eigenvalue weighted by Crippen LogP contribution is -1.96. The van der Waals surface area contributed by atoms with Gasteiger partial charge in [-0.1, -0.05) is 23.7 Å². The van der Waals surface area contributed by atoms with Crippen LogP contribution in [0, 0.1) is 23.7 Å². The number of benzene rings is 3.